The second-order valence-corrected chi connectivity index (χ2v) is 4.74. The molecule has 2 rings (SSSR count). The van der Waals surface area contributed by atoms with E-state index in [1.165, 1.54) is 0 Å². The molecule has 0 atom stereocenters. The summed E-state index contributed by atoms with van der Waals surface area (Å²) in [6, 6.07) is 3.69. The van der Waals surface area contributed by atoms with Gasteiger partial charge in [0.2, 0.25) is 12.7 Å². The number of hydrogen-bond acceptors (Lipinski definition) is 5. The van der Waals surface area contributed by atoms with Crippen LogP contribution < -0.4 is 19.9 Å². The highest BCUT2D eigenvalue weighted by Gasteiger charge is 2.18. The van der Waals surface area contributed by atoms with Gasteiger partial charge in [-0.3, -0.25) is 4.79 Å². The molecule has 1 aliphatic rings. The van der Waals surface area contributed by atoms with Crippen LogP contribution in [0.1, 0.15) is 12.0 Å². The van der Waals surface area contributed by atoms with Gasteiger partial charge < -0.3 is 24.8 Å². The number of ether oxygens (including phenoxy) is 3. The van der Waals surface area contributed by atoms with Crippen LogP contribution >= 0.6 is 0 Å². The first-order valence-electron chi connectivity index (χ1n) is 6.57. The highest BCUT2D eigenvalue weighted by Crippen LogP contribution is 2.38. The maximum absolute atomic E-state index is 11.5. The second kappa shape index (κ2) is 6.47. The van der Waals surface area contributed by atoms with Gasteiger partial charge in [-0.2, -0.15) is 0 Å². The Morgan fingerprint density at radius 2 is 2.05 bits per heavy atom. The highest BCUT2D eigenvalue weighted by atomic mass is 16.7. The van der Waals surface area contributed by atoms with E-state index in [0.29, 0.717) is 43.2 Å². The number of amides is 1. The van der Waals surface area contributed by atoms with Crippen molar-refractivity contribution in [1.29, 1.82) is 0 Å². The molecule has 0 spiro atoms. The molecule has 2 N–H and O–H groups in total. The smallest absolute Gasteiger partial charge is 0.231 e. The highest BCUT2D eigenvalue weighted by molar-refractivity contribution is 5.75. The quantitative estimate of drug-likeness (QED) is 0.833. The molecule has 1 aromatic carbocycles. The first-order valence-corrected chi connectivity index (χ1v) is 6.57. The first-order chi connectivity index (χ1) is 9.61. The van der Waals surface area contributed by atoms with Gasteiger partial charge in [-0.1, -0.05) is 0 Å². The molecule has 0 fully saturated rings. The molecule has 0 saturated heterocycles. The number of nitrogens with two attached hydrogens (primary N) is 1. The minimum atomic E-state index is 0.0334. The fraction of sp³-hybridized carbons (Fsp3) is 0.500. The molecule has 20 heavy (non-hydrogen) atoms. The van der Waals surface area contributed by atoms with Crippen LogP contribution in [0.2, 0.25) is 0 Å². The standard InChI is InChI=1S/C14H20N2O4/c1-16(2)14(17)4-6-18-11-8-13-12(19-9-20-13)7-10(11)3-5-15/h7-8H,3-6,9,15H2,1-2H3. The van der Waals surface area contributed by atoms with Crippen LogP contribution in [0.25, 0.3) is 0 Å². The Bertz CT molecular complexity index is 488. The van der Waals surface area contributed by atoms with Crippen LogP contribution in [0.5, 0.6) is 17.2 Å². The summed E-state index contributed by atoms with van der Waals surface area (Å²) in [5.41, 5.74) is 6.57. The molecule has 1 heterocycles. The summed E-state index contributed by atoms with van der Waals surface area (Å²) in [5, 5.41) is 0. The molecule has 6 heteroatoms. The van der Waals surface area contributed by atoms with Gasteiger partial charge in [0.25, 0.3) is 0 Å². The predicted molar refractivity (Wildman–Crippen MR) is 74.1 cm³/mol. The van der Waals surface area contributed by atoms with Crippen molar-refractivity contribution < 1.29 is 19.0 Å². The van der Waals surface area contributed by atoms with Crippen LogP contribution in [0.4, 0.5) is 0 Å². The van der Waals surface area contributed by atoms with Crippen molar-refractivity contribution in [1.82, 2.24) is 4.90 Å². The summed E-state index contributed by atoms with van der Waals surface area (Å²) in [6.07, 6.45) is 1.02. The van der Waals surface area contributed by atoms with Crippen LogP contribution in [-0.4, -0.2) is 44.8 Å². The van der Waals surface area contributed by atoms with Crippen LogP contribution in [0.3, 0.4) is 0 Å². The minimum absolute atomic E-state index is 0.0334. The van der Waals surface area contributed by atoms with E-state index < -0.39 is 0 Å². The van der Waals surface area contributed by atoms with Crippen molar-refractivity contribution in [3.05, 3.63) is 17.7 Å². The van der Waals surface area contributed by atoms with Crippen molar-refractivity contribution in [2.75, 3.05) is 34.0 Å². The third-order valence-corrected chi connectivity index (χ3v) is 3.04. The Balaban J connectivity index is 2.04. The number of carbonyl (C=O) groups is 1. The third kappa shape index (κ3) is 3.33. The van der Waals surface area contributed by atoms with Gasteiger partial charge in [-0.25, -0.2) is 0 Å². The van der Waals surface area contributed by atoms with Gasteiger partial charge in [0.15, 0.2) is 11.5 Å². The molecule has 1 aliphatic heterocycles. The number of rotatable bonds is 6. The lowest BCUT2D eigenvalue weighted by atomic mass is 10.1. The number of carbonyl (C=O) groups excluding carboxylic acids is 1. The van der Waals surface area contributed by atoms with Crippen molar-refractivity contribution in [2.45, 2.75) is 12.8 Å². The summed E-state index contributed by atoms with van der Waals surface area (Å²) in [6.45, 7) is 1.07. The fourth-order valence-electron chi connectivity index (χ4n) is 1.92. The van der Waals surface area contributed by atoms with E-state index in [4.69, 9.17) is 19.9 Å². The van der Waals surface area contributed by atoms with Crippen molar-refractivity contribution >= 4 is 5.91 Å². The predicted octanol–water partition coefficient (Wildman–Crippen LogP) is 0.774. The number of hydrogen-bond donors (Lipinski definition) is 1. The zero-order chi connectivity index (χ0) is 14.5. The fourth-order valence-corrected chi connectivity index (χ4v) is 1.92. The molecular formula is C14H20N2O4. The zero-order valence-corrected chi connectivity index (χ0v) is 11.8. The third-order valence-electron chi connectivity index (χ3n) is 3.04. The first kappa shape index (κ1) is 14.5. The Labute approximate surface area is 118 Å². The minimum Gasteiger partial charge on any atom is -0.493 e. The van der Waals surface area contributed by atoms with E-state index in [2.05, 4.69) is 0 Å². The lowest BCUT2D eigenvalue weighted by Gasteiger charge is -2.14. The van der Waals surface area contributed by atoms with Gasteiger partial charge in [0, 0.05) is 20.2 Å². The maximum Gasteiger partial charge on any atom is 0.231 e. The molecule has 1 aromatic rings. The van der Waals surface area contributed by atoms with Gasteiger partial charge in [-0.15, -0.1) is 0 Å². The Morgan fingerprint density at radius 1 is 1.35 bits per heavy atom. The number of benzene rings is 1. The van der Waals surface area contributed by atoms with Crippen LogP contribution in [-0.2, 0) is 11.2 Å². The van der Waals surface area contributed by atoms with Gasteiger partial charge in [0.05, 0.1) is 13.0 Å². The Morgan fingerprint density at radius 3 is 2.70 bits per heavy atom. The van der Waals surface area contributed by atoms with Gasteiger partial charge in [-0.05, 0) is 24.6 Å². The van der Waals surface area contributed by atoms with Crippen molar-refractivity contribution in [3.8, 4) is 17.2 Å². The van der Waals surface area contributed by atoms with Crippen molar-refractivity contribution in [2.24, 2.45) is 5.73 Å². The van der Waals surface area contributed by atoms with Crippen molar-refractivity contribution in [3.63, 3.8) is 0 Å². The van der Waals surface area contributed by atoms with E-state index in [-0.39, 0.29) is 12.7 Å². The summed E-state index contributed by atoms with van der Waals surface area (Å²) < 4.78 is 16.4. The molecule has 0 bridgehead atoms. The summed E-state index contributed by atoms with van der Waals surface area (Å²) in [5.74, 6) is 2.11. The SMILES string of the molecule is CN(C)C(=O)CCOc1cc2c(cc1CCN)OCO2. The van der Waals surface area contributed by atoms with E-state index >= 15 is 0 Å². The van der Waals surface area contributed by atoms with E-state index in [1.54, 1.807) is 25.1 Å². The Kier molecular flexibility index (Phi) is 4.68. The summed E-state index contributed by atoms with van der Waals surface area (Å²) >= 11 is 0. The average Bonchev–Trinajstić information content (AvgIpc) is 2.86. The largest absolute Gasteiger partial charge is 0.493 e. The molecule has 0 aromatic heterocycles. The van der Waals surface area contributed by atoms with E-state index in [0.717, 1.165) is 5.56 Å². The maximum atomic E-state index is 11.5. The summed E-state index contributed by atoms with van der Waals surface area (Å²) in [7, 11) is 3.45. The van der Waals surface area contributed by atoms with E-state index in [9.17, 15) is 4.79 Å². The second-order valence-electron chi connectivity index (χ2n) is 4.74. The summed E-state index contributed by atoms with van der Waals surface area (Å²) in [4.78, 5) is 13.1. The molecule has 0 saturated carbocycles. The van der Waals surface area contributed by atoms with Crippen LogP contribution in [0.15, 0.2) is 12.1 Å². The van der Waals surface area contributed by atoms with Crippen LogP contribution in [0, 0.1) is 0 Å². The zero-order valence-electron chi connectivity index (χ0n) is 11.8. The Hall–Kier alpha value is -1.95. The number of nitrogens with zero attached hydrogens (tertiary/aromatic N) is 1. The van der Waals surface area contributed by atoms with E-state index in [1.807, 2.05) is 6.07 Å². The van der Waals surface area contributed by atoms with Gasteiger partial charge >= 0.3 is 0 Å². The normalized spacial score (nSPS) is 12.3. The molecule has 0 unspecified atom stereocenters. The monoisotopic (exact) mass is 280 g/mol. The molecule has 0 radical (unpaired) electrons. The van der Waals surface area contributed by atoms with Gasteiger partial charge in [0.1, 0.15) is 5.75 Å². The molecule has 0 aliphatic carbocycles. The molecular weight excluding hydrogens is 260 g/mol. The molecule has 110 valence electrons. The average molecular weight is 280 g/mol. The number of fused-ring (bicyclic) bond motifs is 1. The molecule has 6 nitrogen and oxygen atoms in total. The topological polar surface area (TPSA) is 74.0 Å². The lowest BCUT2D eigenvalue weighted by Crippen LogP contribution is -2.23. The lowest BCUT2D eigenvalue weighted by molar-refractivity contribution is -0.129. The molecule has 1 amide bonds.